The second kappa shape index (κ2) is 4.52. The van der Waals surface area contributed by atoms with Crippen molar-refractivity contribution >= 4 is 0 Å². The highest BCUT2D eigenvalue weighted by Gasteiger charge is 2.32. The second-order valence-electron chi connectivity index (χ2n) is 4.57. The smallest absolute Gasteiger partial charge is 0.00566 e. The molecule has 1 unspecified atom stereocenters. The summed E-state index contributed by atoms with van der Waals surface area (Å²) in [5, 5.41) is 0. The maximum absolute atomic E-state index is 3.89. The molecular weight excluding hydrogens is 192 g/mol. The molecule has 0 aliphatic heterocycles. The van der Waals surface area contributed by atoms with E-state index in [1.54, 1.807) is 0 Å². The molecular formula is C16H18. The summed E-state index contributed by atoms with van der Waals surface area (Å²) in [7, 11) is 0. The third-order valence-corrected chi connectivity index (χ3v) is 3.49. The van der Waals surface area contributed by atoms with Crippen molar-refractivity contribution in [3.63, 3.8) is 0 Å². The summed E-state index contributed by atoms with van der Waals surface area (Å²) in [6, 6.07) is 10.7. The maximum Gasteiger partial charge on any atom is 0.00566 e. The Kier molecular flexibility index (Phi) is 3.09. The van der Waals surface area contributed by atoms with Crippen LogP contribution >= 0.6 is 0 Å². The number of benzene rings is 1. The molecule has 0 heterocycles. The van der Waals surface area contributed by atoms with Crippen LogP contribution in [0.25, 0.3) is 0 Å². The Hall–Kier alpha value is -1.56. The van der Waals surface area contributed by atoms with Gasteiger partial charge >= 0.3 is 0 Å². The molecule has 0 heteroatoms. The van der Waals surface area contributed by atoms with E-state index in [9.17, 15) is 0 Å². The van der Waals surface area contributed by atoms with Gasteiger partial charge in [0, 0.05) is 11.3 Å². The third kappa shape index (κ3) is 1.88. The van der Waals surface area contributed by atoms with E-state index in [0.29, 0.717) is 5.92 Å². The molecule has 1 aliphatic rings. The summed E-state index contributed by atoms with van der Waals surface area (Å²) < 4.78 is 0. The molecule has 0 amide bonds. The van der Waals surface area contributed by atoms with Crippen LogP contribution < -0.4 is 0 Å². The zero-order chi connectivity index (χ0) is 11.4. The minimum atomic E-state index is 0.131. The van der Waals surface area contributed by atoms with E-state index in [0.717, 1.165) is 6.42 Å². The molecule has 1 aromatic rings. The molecule has 0 fully saturated rings. The summed E-state index contributed by atoms with van der Waals surface area (Å²) in [6.07, 6.45) is 11.8. The molecule has 1 atom stereocenters. The van der Waals surface area contributed by atoms with Crippen LogP contribution in [-0.4, -0.2) is 0 Å². The Bertz CT molecular complexity index is 399. The van der Waals surface area contributed by atoms with Crippen LogP contribution in [0.15, 0.2) is 67.3 Å². The summed E-state index contributed by atoms with van der Waals surface area (Å²) in [5.74, 6) is 0.480. The molecule has 2 rings (SSSR count). The normalized spacial score (nSPS) is 18.6. The van der Waals surface area contributed by atoms with Crippen LogP contribution in [0.4, 0.5) is 0 Å². The summed E-state index contributed by atoms with van der Waals surface area (Å²) in [5.41, 5.74) is 1.52. The zero-order valence-corrected chi connectivity index (χ0v) is 9.77. The second-order valence-corrected chi connectivity index (χ2v) is 4.57. The van der Waals surface area contributed by atoms with Gasteiger partial charge in [-0.3, -0.25) is 0 Å². The van der Waals surface area contributed by atoms with Gasteiger partial charge < -0.3 is 0 Å². The van der Waals surface area contributed by atoms with Crippen LogP contribution in [0.1, 0.15) is 18.9 Å². The van der Waals surface area contributed by atoms with Crippen molar-refractivity contribution in [2.75, 3.05) is 0 Å². The van der Waals surface area contributed by atoms with Gasteiger partial charge in [0.25, 0.3) is 0 Å². The maximum atomic E-state index is 3.89. The Balaban J connectivity index is 2.39. The van der Waals surface area contributed by atoms with Crippen molar-refractivity contribution in [3.8, 4) is 0 Å². The molecule has 1 aliphatic carbocycles. The van der Waals surface area contributed by atoms with E-state index < -0.39 is 0 Å². The van der Waals surface area contributed by atoms with E-state index in [1.165, 1.54) is 5.56 Å². The van der Waals surface area contributed by atoms with Crippen molar-refractivity contribution < 1.29 is 0 Å². The Morgan fingerprint density at radius 3 is 2.38 bits per heavy atom. The first-order valence-corrected chi connectivity index (χ1v) is 5.79. The first-order valence-electron chi connectivity index (χ1n) is 5.79. The minimum absolute atomic E-state index is 0.131. The minimum Gasteiger partial charge on any atom is -0.103 e. The van der Waals surface area contributed by atoms with Crippen LogP contribution in [0.3, 0.4) is 0 Å². The van der Waals surface area contributed by atoms with Gasteiger partial charge in [-0.05, 0) is 12.0 Å². The highest BCUT2D eigenvalue weighted by molar-refractivity contribution is 5.33. The van der Waals surface area contributed by atoms with E-state index in [2.05, 4.69) is 68.1 Å². The number of allylic oxidation sites excluding steroid dienone is 5. The van der Waals surface area contributed by atoms with Crippen molar-refractivity contribution in [2.24, 2.45) is 5.92 Å². The lowest BCUT2D eigenvalue weighted by atomic mass is 9.70. The van der Waals surface area contributed by atoms with E-state index in [-0.39, 0.29) is 5.41 Å². The molecule has 0 saturated carbocycles. The molecule has 82 valence electrons. The Labute approximate surface area is 98.0 Å². The topological polar surface area (TPSA) is 0 Å². The van der Waals surface area contributed by atoms with Crippen LogP contribution in [-0.2, 0) is 5.41 Å². The lowest BCUT2D eigenvalue weighted by molar-refractivity contribution is 0.409. The number of hydrogen-bond donors (Lipinski definition) is 0. The third-order valence-electron chi connectivity index (χ3n) is 3.49. The van der Waals surface area contributed by atoms with E-state index in [1.807, 2.05) is 6.08 Å². The quantitative estimate of drug-likeness (QED) is 0.651. The first-order chi connectivity index (χ1) is 7.77. The summed E-state index contributed by atoms with van der Waals surface area (Å²) >= 11 is 0. The van der Waals surface area contributed by atoms with Crippen molar-refractivity contribution in [3.05, 3.63) is 72.9 Å². The average molecular weight is 210 g/mol. The molecule has 0 N–H and O–H groups in total. The SMILES string of the molecule is C=CCC(C)(c1ccccc1)C1C=CC=C1. The van der Waals surface area contributed by atoms with E-state index in [4.69, 9.17) is 0 Å². The van der Waals surface area contributed by atoms with Gasteiger partial charge in [0.05, 0.1) is 0 Å². The fraction of sp³-hybridized carbons (Fsp3) is 0.250. The van der Waals surface area contributed by atoms with Gasteiger partial charge in [-0.2, -0.15) is 0 Å². The van der Waals surface area contributed by atoms with Gasteiger partial charge in [-0.1, -0.05) is 67.6 Å². The van der Waals surface area contributed by atoms with Crippen molar-refractivity contribution in [2.45, 2.75) is 18.8 Å². The van der Waals surface area contributed by atoms with Gasteiger partial charge in [0.15, 0.2) is 0 Å². The van der Waals surface area contributed by atoms with Gasteiger partial charge in [-0.25, -0.2) is 0 Å². The molecule has 16 heavy (non-hydrogen) atoms. The summed E-state index contributed by atoms with van der Waals surface area (Å²) in [4.78, 5) is 0. The lowest BCUT2D eigenvalue weighted by Gasteiger charge is -2.33. The number of hydrogen-bond acceptors (Lipinski definition) is 0. The van der Waals surface area contributed by atoms with Gasteiger partial charge in [0.2, 0.25) is 0 Å². The van der Waals surface area contributed by atoms with Crippen LogP contribution in [0, 0.1) is 5.92 Å². The highest BCUT2D eigenvalue weighted by atomic mass is 14.4. The first kappa shape index (κ1) is 10.9. The standard InChI is InChI=1S/C16H18/c1-3-13-16(2,15-11-7-8-12-15)14-9-5-4-6-10-14/h3-12,15H,1,13H2,2H3. The lowest BCUT2D eigenvalue weighted by Crippen LogP contribution is -2.28. The largest absolute Gasteiger partial charge is 0.103 e. The molecule has 0 radical (unpaired) electrons. The van der Waals surface area contributed by atoms with Gasteiger partial charge in [0.1, 0.15) is 0 Å². The average Bonchev–Trinajstić information content (AvgIpc) is 2.84. The molecule has 0 nitrogen and oxygen atoms in total. The zero-order valence-electron chi connectivity index (χ0n) is 9.77. The number of rotatable bonds is 4. The predicted octanol–water partition coefficient (Wildman–Crippen LogP) is 4.26. The van der Waals surface area contributed by atoms with Crippen molar-refractivity contribution in [1.82, 2.24) is 0 Å². The Morgan fingerprint density at radius 2 is 1.81 bits per heavy atom. The van der Waals surface area contributed by atoms with E-state index >= 15 is 0 Å². The van der Waals surface area contributed by atoms with Crippen LogP contribution in [0.2, 0.25) is 0 Å². The van der Waals surface area contributed by atoms with Crippen molar-refractivity contribution in [1.29, 1.82) is 0 Å². The molecule has 1 aromatic carbocycles. The predicted molar refractivity (Wildman–Crippen MR) is 70.4 cm³/mol. The molecule has 0 aromatic heterocycles. The fourth-order valence-corrected chi connectivity index (χ4v) is 2.42. The van der Waals surface area contributed by atoms with Gasteiger partial charge in [-0.15, -0.1) is 6.58 Å². The summed E-state index contributed by atoms with van der Waals surface area (Å²) in [6.45, 7) is 6.21. The molecule has 0 bridgehead atoms. The fourth-order valence-electron chi connectivity index (χ4n) is 2.42. The highest BCUT2D eigenvalue weighted by Crippen LogP contribution is 2.39. The molecule has 0 spiro atoms. The molecule has 0 saturated heterocycles. The monoisotopic (exact) mass is 210 g/mol. The van der Waals surface area contributed by atoms with Crippen LogP contribution in [0.5, 0.6) is 0 Å². The Morgan fingerprint density at radius 1 is 1.19 bits per heavy atom.